The summed E-state index contributed by atoms with van der Waals surface area (Å²) in [7, 11) is 0. The van der Waals surface area contributed by atoms with Crippen molar-refractivity contribution in [2.45, 2.75) is 46.0 Å². The minimum Gasteiger partial charge on any atom is -0.370 e. The fraction of sp³-hybridized carbons (Fsp3) is 0.714. The number of hydrazine groups is 1. The number of nitrogens with one attached hydrogen (secondary N) is 2. The lowest BCUT2D eigenvalue weighted by Gasteiger charge is -2.19. The lowest BCUT2D eigenvalue weighted by Crippen LogP contribution is -2.21. The van der Waals surface area contributed by atoms with Crippen molar-refractivity contribution in [2.75, 3.05) is 17.3 Å². The van der Waals surface area contributed by atoms with Crippen molar-refractivity contribution in [2.24, 2.45) is 17.7 Å². The van der Waals surface area contributed by atoms with E-state index in [1.807, 2.05) is 6.07 Å². The normalized spacial score (nSPS) is 17.1. The standard InChI is InChI=1S/C14H25N5/c1-9(10-5-6-10)8-16-11-7-12(19-15)18-13(17-11)14(2,3)4/h7,9-10H,5-6,8,15H2,1-4H3,(H2,16,17,18,19). The third-order valence-electron chi connectivity index (χ3n) is 3.58. The van der Waals surface area contributed by atoms with Crippen LogP contribution in [0.2, 0.25) is 0 Å². The van der Waals surface area contributed by atoms with Gasteiger partial charge in [-0.1, -0.05) is 27.7 Å². The number of anilines is 2. The minimum absolute atomic E-state index is 0.0919. The second-order valence-corrected chi connectivity index (χ2v) is 6.55. The summed E-state index contributed by atoms with van der Waals surface area (Å²) in [6, 6.07) is 1.86. The van der Waals surface area contributed by atoms with E-state index in [0.717, 1.165) is 24.1 Å². The topological polar surface area (TPSA) is 75.9 Å². The van der Waals surface area contributed by atoms with Crippen LogP contribution in [0.3, 0.4) is 0 Å². The molecule has 2 rings (SSSR count). The van der Waals surface area contributed by atoms with Crippen LogP contribution in [-0.2, 0) is 5.41 Å². The third kappa shape index (κ3) is 3.80. The van der Waals surface area contributed by atoms with Crippen molar-refractivity contribution in [3.63, 3.8) is 0 Å². The molecule has 0 radical (unpaired) electrons. The second kappa shape index (κ2) is 5.33. The number of nitrogen functional groups attached to an aromatic ring is 1. The molecule has 1 saturated carbocycles. The van der Waals surface area contributed by atoms with Crippen LogP contribution in [-0.4, -0.2) is 16.5 Å². The van der Waals surface area contributed by atoms with Crippen molar-refractivity contribution < 1.29 is 0 Å². The summed E-state index contributed by atoms with van der Waals surface area (Å²) in [4.78, 5) is 9.00. The van der Waals surface area contributed by atoms with Crippen LogP contribution in [0, 0.1) is 11.8 Å². The molecule has 1 aliphatic carbocycles. The predicted molar refractivity (Wildman–Crippen MR) is 78.9 cm³/mol. The smallest absolute Gasteiger partial charge is 0.145 e. The summed E-state index contributed by atoms with van der Waals surface area (Å²) in [5, 5.41) is 3.41. The van der Waals surface area contributed by atoms with E-state index in [1.54, 1.807) is 0 Å². The first-order valence-electron chi connectivity index (χ1n) is 7.00. The zero-order valence-corrected chi connectivity index (χ0v) is 12.3. The molecular weight excluding hydrogens is 238 g/mol. The maximum atomic E-state index is 5.48. The van der Waals surface area contributed by atoms with E-state index in [1.165, 1.54) is 12.8 Å². The van der Waals surface area contributed by atoms with Gasteiger partial charge < -0.3 is 10.7 Å². The Labute approximate surface area is 115 Å². The first-order valence-corrected chi connectivity index (χ1v) is 7.00. The van der Waals surface area contributed by atoms with Crippen molar-refractivity contribution in [3.8, 4) is 0 Å². The Morgan fingerprint density at radius 3 is 2.47 bits per heavy atom. The van der Waals surface area contributed by atoms with Crippen LogP contribution in [0.1, 0.15) is 46.4 Å². The lowest BCUT2D eigenvalue weighted by atomic mass is 9.96. The minimum atomic E-state index is -0.0919. The molecule has 0 amide bonds. The van der Waals surface area contributed by atoms with Gasteiger partial charge in [0.05, 0.1) is 0 Å². The number of hydrogen-bond donors (Lipinski definition) is 3. The molecule has 1 heterocycles. The maximum Gasteiger partial charge on any atom is 0.145 e. The average Bonchev–Trinajstić information content (AvgIpc) is 3.18. The molecule has 1 aromatic heterocycles. The van der Waals surface area contributed by atoms with Crippen molar-refractivity contribution in [1.29, 1.82) is 0 Å². The van der Waals surface area contributed by atoms with E-state index in [2.05, 4.69) is 48.4 Å². The van der Waals surface area contributed by atoms with E-state index in [-0.39, 0.29) is 5.41 Å². The van der Waals surface area contributed by atoms with Gasteiger partial charge in [-0.05, 0) is 24.7 Å². The quantitative estimate of drug-likeness (QED) is 0.562. The van der Waals surface area contributed by atoms with Crippen molar-refractivity contribution >= 4 is 11.6 Å². The van der Waals surface area contributed by atoms with E-state index in [0.29, 0.717) is 11.7 Å². The van der Waals surface area contributed by atoms with Gasteiger partial charge in [0.2, 0.25) is 0 Å². The number of aromatic nitrogens is 2. The fourth-order valence-corrected chi connectivity index (χ4v) is 2.04. The molecule has 0 saturated heterocycles. The molecular formula is C14H25N5. The van der Waals surface area contributed by atoms with Crippen LogP contribution < -0.4 is 16.6 Å². The van der Waals surface area contributed by atoms with Crippen molar-refractivity contribution in [3.05, 3.63) is 11.9 Å². The van der Waals surface area contributed by atoms with Crippen LogP contribution >= 0.6 is 0 Å². The Hall–Kier alpha value is -1.36. The van der Waals surface area contributed by atoms with Gasteiger partial charge in [0.25, 0.3) is 0 Å². The van der Waals surface area contributed by atoms with Gasteiger partial charge in [-0.25, -0.2) is 15.8 Å². The van der Waals surface area contributed by atoms with Crippen LogP contribution in [0.15, 0.2) is 6.07 Å². The van der Waals surface area contributed by atoms with Gasteiger partial charge in [0, 0.05) is 18.0 Å². The van der Waals surface area contributed by atoms with Crippen LogP contribution in [0.25, 0.3) is 0 Å². The van der Waals surface area contributed by atoms with E-state index in [4.69, 9.17) is 5.84 Å². The zero-order valence-electron chi connectivity index (χ0n) is 12.3. The molecule has 1 unspecified atom stereocenters. The molecule has 0 aromatic carbocycles. The first-order chi connectivity index (χ1) is 8.90. The Bertz CT molecular complexity index is 434. The molecule has 1 fully saturated rings. The van der Waals surface area contributed by atoms with Gasteiger partial charge in [-0.2, -0.15) is 0 Å². The summed E-state index contributed by atoms with van der Waals surface area (Å²) in [5.41, 5.74) is 2.52. The largest absolute Gasteiger partial charge is 0.370 e. The SMILES string of the molecule is CC(CNc1cc(NN)nc(C(C)(C)C)n1)C1CC1. The van der Waals surface area contributed by atoms with Gasteiger partial charge in [0.15, 0.2) is 0 Å². The Morgan fingerprint density at radius 1 is 1.32 bits per heavy atom. The highest BCUT2D eigenvalue weighted by Crippen LogP contribution is 2.36. The second-order valence-electron chi connectivity index (χ2n) is 6.55. The summed E-state index contributed by atoms with van der Waals surface area (Å²) in [6.07, 6.45) is 2.74. The maximum absolute atomic E-state index is 5.48. The van der Waals surface area contributed by atoms with Crippen molar-refractivity contribution in [1.82, 2.24) is 9.97 Å². The molecule has 1 aromatic rings. The summed E-state index contributed by atoms with van der Waals surface area (Å²) in [6.45, 7) is 9.53. The van der Waals surface area contributed by atoms with Crippen LogP contribution in [0.5, 0.6) is 0 Å². The first kappa shape index (κ1) is 14.1. The van der Waals surface area contributed by atoms with Gasteiger partial charge in [-0.15, -0.1) is 0 Å². The number of nitrogens with zero attached hydrogens (tertiary/aromatic N) is 2. The van der Waals surface area contributed by atoms with E-state index in [9.17, 15) is 0 Å². The average molecular weight is 263 g/mol. The third-order valence-corrected chi connectivity index (χ3v) is 3.58. The molecule has 5 nitrogen and oxygen atoms in total. The Morgan fingerprint density at radius 2 is 1.95 bits per heavy atom. The fourth-order valence-electron chi connectivity index (χ4n) is 2.04. The highest BCUT2D eigenvalue weighted by molar-refractivity contribution is 5.47. The number of nitrogens with two attached hydrogens (primary N) is 1. The number of rotatable bonds is 5. The van der Waals surface area contributed by atoms with Gasteiger partial charge >= 0.3 is 0 Å². The summed E-state index contributed by atoms with van der Waals surface area (Å²) < 4.78 is 0. The lowest BCUT2D eigenvalue weighted by molar-refractivity contribution is 0.531. The summed E-state index contributed by atoms with van der Waals surface area (Å²) >= 11 is 0. The Balaban J connectivity index is 2.09. The molecule has 0 bridgehead atoms. The highest BCUT2D eigenvalue weighted by Gasteiger charge is 2.27. The molecule has 4 N–H and O–H groups in total. The highest BCUT2D eigenvalue weighted by atomic mass is 15.3. The zero-order chi connectivity index (χ0) is 14.0. The van der Waals surface area contributed by atoms with E-state index < -0.39 is 0 Å². The van der Waals surface area contributed by atoms with Crippen LogP contribution in [0.4, 0.5) is 11.6 Å². The predicted octanol–water partition coefficient (Wildman–Crippen LogP) is 2.52. The van der Waals surface area contributed by atoms with Gasteiger partial charge in [0.1, 0.15) is 17.5 Å². The number of hydrogen-bond acceptors (Lipinski definition) is 5. The molecule has 5 heteroatoms. The molecule has 1 atom stereocenters. The van der Waals surface area contributed by atoms with Gasteiger partial charge in [-0.3, -0.25) is 0 Å². The van der Waals surface area contributed by atoms with E-state index >= 15 is 0 Å². The molecule has 0 spiro atoms. The molecule has 106 valence electrons. The molecule has 19 heavy (non-hydrogen) atoms. The summed E-state index contributed by atoms with van der Waals surface area (Å²) in [5.74, 6) is 9.36. The molecule has 1 aliphatic rings. The monoisotopic (exact) mass is 263 g/mol. The molecule has 0 aliphatic heterocycles. The Kier molecular flexibility index (Phi) is 3.94.